The molecule has 122 valence electrons. The van der Waals surface area contributed by atoms with Crippen LogP contribution >= 0.6 is 0 Å². The maximum Gasteiger partial charge on any atom is 0.0616 e. The van der Waals surface area contributed by atoms with E-state index in [1.54, 1.807) is 0 Å². The van der Waals surface area contributed by atoms with Crippen LogP contribution in [0, 0.1) is 11.3 Å². The van der Waals surface area contributed by atoms with Crippen LogP contribution < -0.4 is 5.32 Å². The average molecular weight is 294 g/mol. The van der Waals surface area contributed by atoms with Crippen LogP contribution in [0.5, 0.6) is 0 Å². The fourth-order valence-electron chi connectivity index (χ4n) is 4.72. The number of aliphatic hydroxyl groups is 1. The predicted molar refractivity (Wildman–Crippen MR) is 87.4 cm³/mol. The fourth-order valence-corrected chi connectivity index (χ4v) is 4.72. The number of hydrogen-bond donors (Lipinski definition) is 2. The summed E-state index contributed by atoms with van der Waals surface area (Å²) >= 11 is 0. The minimum Gasteiger partial charge on any atom is -0.394 e. The summed E-state index contributed by atoms with van der Waals surface area (Å²) in [6.07, 6.45) is 10.4. The maximum atomic E-state index is 10.0. The second kappa shape index (κ2) is 6.17. The molecule has 2 unspecified atom stereocenters. The summed E-state index contributed by atoms with van der Waals surface area (Å²) in [5.74, 6) is 0.674. The largest absolute Gasteiger partial charge is 0.394 e. The number of rotatable bonds is 6. The van der Waals surface area contributed by atoms with Crippen LogP contribution in [0.15, 0.2) is 0 Å². The minimum atomic E-state index is 0.0481. The van der Waals surface area contributed by atoms with Gasteiger partial charge in [-0.2, -0.15) is 0 Å². The van der Waals surface area contributed by atoms with Crippen molar-refractivity contribution in [3.8, 4) is 0 Å². The lowest BCUT2D eigenvalue weighted by atomic mass is 9.82. The Kier molecular flexibility index (Phi) is 4.63. The van der Waals surface area contributed by atoms with Gasteiger partial charge in [-0.3, -0.25) is 0 Å². The first-order valence-corrected chi connectivity index (χ1v) is 9.14. The molecule has 3 nitrogen and oxygen atoms in total. The van der Waals surface area contributed by atoms with E-state index in [0.29, 0.717) is 24.0 Å². The zero-order chi connectivity index (χ0) is 14.9. The van der Waals surface area contributed by atoms with Gasteiger partial charge in [0, 0.05) is 18.1 Å². The molecular formula is C18H34N2O. The van der Waals surface area contributed by atoms with Gasteiger partial charge in [0.25, 0.3) is 0 Å². The molecule has 0 aromatic heterocycles. The highest BCUT2D eigenvalue weighted by molar-refractivity contribution is 5.03. The molecule has 0 amide bonds. The van der Waals surface area contributed by atoms with Crippen LogP contribution in [-0.4, -0.2) is 47.8 Å². The molecule has 0 aromatic carbocycles. The Balaban J connectivity index is 1.53. The normalized spacial score (nSPS) is 37.0. The number of nitrogens with one attached hydrogen (secondary N) is 1. The molecule has 21 heavy (non-hydrogen) atoms. The van der Waals surface area contributed by atoms with Gasteiger partial charge in [0.05, 0.1) is 6.61 Å². The molecule has 3 rings (SSSR count). The third kappa shape index (κ3) is 3.80. The van der Waals surface area contributed by atoms with Crippen molar-refractivity contribution in [2.75, 3.05) is 26.2 Å². The minimum absolute atomic E-state index is 0.0481. The van der Waals surface area contributed by atoms with Gasteiger partial charge in [-0.1, -0.05) is 20.3 Å². The summed E-state index contributed by atoms with van der Waals surface area (Å²) in [5, 5.41) is 13.8. The van der Waals surface area contributed by atoms with Crippen LogP contribution in [0.4, 0.5) is 0 Å². The van der Waals surface area contributed by atoms with Gasteiger partial charge < -0.3 is 15.3 Å². The van der Waals surface area contributed by atoms with E-state index in [4.69, 9.17) is 0 Å². The summed E-state index contributed by atoms with van der Waals surface area (Å²) in [4.78, 5) is 2.67. The van der Waals surface area contributed by atoms with Crippen molar-refractivity contribution in [1.29, 1.82) is 0 Å². The van der Waals surface area contributed by atoms with Gasteiger partial charge in [-0.25, -0.2) is 0 Å². The number of likely N-dealkylation sites (tertiary alicyclic amines) is 1. The number of nitrogens with zero attached hydrogens (tertiary/aromatic N) is 1. The standard InChI is InChI=1S/C18H34N2O/c1-17(2)9-4-11-20(13-17)12-8-15-5-3-10-18(15,14-21)19-16-6-7-16/h15-16,19,21H,3-14H2,1-2H3. The van der Waals surface area contributed by atoms with Gasteiger partial charge >= 0.3 is 0 Å². The Morgan fingerprint density at radius 2 is 1.95 bits per heavy atom. The molecule has 3 heteroatoms. The Morgan fingerprint density at radius 1 is 1.14 bits per heavy atom. The topological polar surface area (TPSA) is 35.5 Å². The van der Waals surface area contributed by atoms with Crippen LogP contribution in [0.3, 0.4) is 0 Å². The molecule has 2 aliphatic carbocycles. The first-order valence-electron chi connectivity index (χ1n) is 9.14. The molecule has 2 atom stereocenters. The predicted octanol–water partition coefficient (Wildman–Crippen LogP) is 2.78. The van der Waals surface area contributed by atoms with Crippen molar-refractivity contribution >= 4 is 0 Å². The first kappa shape index (κ1) is 15.8. The molecule has 3 aliphatic rings. The van der Waals surface area contributed by atoms with Gasteiger partial charge in [-0.05, 0) is 69.4 Å². The van der Waals surface area contributed by atoms with E-state index in [-0.39, 0.29) is 5.54 Å². The smallest absolute Gasteiger partial charge is 0.0616 e. The summed E-state index contributed by atoms with van der Waals surface area (Å²) in [5.41, 5.74) is 0.542. The molecule has 2 saturated carbocycles. The number of hydrogen-bond acceptors (Lipinski definition) is 3. The van der Waals surface area contributed by atoms with E-state index in [9.17, 15) is 5.11 Å². The highest BCUT2D eigenvalue weighted by Crippen LogP contribution is 2.40. The van der Waals surface area contributed by atoms with E-state index in [2.05, 4.69) is 24.1 Å². The van der Waals surface area contributed by atoms with Crippen molar-refractivity contribution in [3.05, 3.63) is 0 Å². The average Bonchev–Trinajstić information content (AvgIpc) is 3.15. The van der Waals surface area contributed by atoms with Crippen molar-refractivity contribution in [2.45, 2.75) is 76.8 Å². The summed E-state index contributed by atoms with van der Waals surface area (Å²) in [6.45, 7) is 8.89. The quantitative estimate of drug-likeness (QED) is 0.791. The molecule has 1 saturated heterocycles. The molecule has 2 N–H and O–H groups in total. The third-order valence-corrected chi connectivity index (χ3v) is 6.08. The maximum absolute atomic E-state index is 10.0. The SMILES string of the molecule is CC1(C)CCCN(CCC2CCCC2(CO)NC2CC2)C1. The van der Waals surface area contributed by atoms with Crippen LogP contribution in [0.25, 0.3) is 0 Å². The molecule has 0 aromatic rings. The second-order valence-corrected chi connectivity index (χ2v) is 8.65. The zero-order valence-corrected chi connectivity index (χ0v) is 14.0. The molecule has 1 heterocycles. The van der Waals surface area contributed by atoms with Crippen LogP contribution in [-0.2, 0) is 0 Å². The second-order valence-electron chi connectivity index (χ2n) is 8.65. The van der Waals surface area contributed by atoms with E-state index in [1.807, 2.05) is 0 Å². The van der Waals surface area contributed by atoms with Gasteiger partial charge in [0.15, 0.2) is 0 Å². The summed E-state index contributed by atoms with van der Waals surface area (Å²) in [6, 6.07) is 0.701. The lowest BCUT2D eigenvalue weighted by molar-refractivity contribution is 0.0852. The van der Waals surface area contributed by atoms with E-state index in [0.717, 1.165) is 0 Å². The molecule has 0 bridgehead atoms. The Morgan fingerprint density at radius 3 is 2.62 bits per heavy atom. The molecule has 0 radical (unpaired) electrons. The molecule has 0 spiro atoms. The van der Waals surface area contributed by atoms with Crippen molar-refractivity contribution < 1.29 is 5.11 Å². The summed E-state index contributed by atoms with van der Waals surface area (Å²) in [7, 11) is 0. The van der Waals surface area contributed by atoms with E-state index >= 15 is 0 Å². The first-order chi connectivity index (χ1) is 10.0. The molecule has 3 fully saturated rings. The molecule has 1 aliphatic heterocycles. The fraction of sp³-hybridized carbons (Fsp3) is 1.00. The lowest BCUT2D eigenvalue weighted by Crippen LogP contribution is -2.53. The summed E-state index contributed by atoms with van der Waals surface area (Å²) < 4.78 is 0. The molecular weight excluding hydrogens is 260 g/mol. The number of aliphatic hydroxyl groups excluding tert-OH is 1. The zero-order valence-electron chi connectivity index (χ0n) is 14.0. The lowest BCUT2D eigenvalue weighted by Gasteiger charge is -2.40. The van der Waals surface area contributed by atoms with Gasteiger partial charge in [0.2, 0.25) is 0 Å². The Labute approximate surface area is 130 Å². The van der Waals surface area contributed by atoms with Crippen LogP contribution in [0.1, 0.15) is 65.2 Å². The van der Waals surface area contributed by atoms with Gasteiger partial charge in [0.1, 0.15) is 0 Å². The van der Waals surface area contributed by atoms with E-state index in [1.165, 1.54) is 71.0 Å². The Hall–Kier alpha value is -0.120. The van der Waals surface area contributed by atoms with Crippen molar-refractivity contribution in [2.24, 2.45) is 11.3 Å². The Bertz CT molecular complexity index is 353. The number of piperidine rings is 1. The highest BCUT2D eigenvalue weighted by atomic mass is 16.3. The van der Waals surface area contributed by atoms with E-state index < -0.39 is 0 Å². The monoisotopic (exact) mass is 294 g/mol. The third-order valence-electron chi connectivity index (χ3n) is 6.08. The van der Waals surface area contributed by atoms with Crippen molar-refractivity contribution in [3.63, 3.8) is 0 Å². The van der Waals surface area contributed by atoms with Crippen LogP contribution in [0.2, 0.25) is 0 Å². The van der Waals surface area contributed by atoms with Crippen molar-refractivity contribution in [1.82, 2.24) is 10.2 Å². The highest BCUT2D eigenvalue weighted by Gasteiger charge is 2.45. The van der Waals surface area contributed by atoms with Gasteiger partial charge in [-0.15, -0.1) is 0 Å².